The molecule has 0 bridgehead atoms. The number of aryl methyl sites for hydroxylation is 1. The number of rotatable bonds is 6. The van der Waals surface area contributed by atoms with E-state index in [1.54, 1.807) is 13.8 Å². The van der Waals surface area contributed by atoms with E-state index >= 15 is 0 Å². The second-order valence-corrected chi connectivity index (χ2v) is 8.79. The van der Waals surface area contributed by atoms with Crippen LogP contribution in [0.5, 0.6) is 0 Å². The maximum Gasteiger partial charge on any atom is 0.345 e. The number of carboxylic acid groups (broad SMARTS) is 1. The molecule has 1 rings (SSSR count). The molecule has 0 radical (unpaired) electrons. The first-order valence-electron chi connectivity index (χ1n) is 5.30. The zero-order chi connectivity index (χ0) is 14.8. The summed E-state index contributed by atoms with van der Waals surface area (Å²) < 4.78 is 37.5. The lowest BCUT2D eigenvalue weighted by molar-refractivity contribution is 0.0702. The van der Waals surface area contributed by atoms with Gasteiger partial charge >= 0.3 is 5.97 Å². The van der Waals surface area contributed by atoms with Crippen molar-refractivity contribution in [3.63, 3.8) is 0 Å². The summed E-state index contributed by atoms with van der Waals surface area (Å²) in [7, 11) is -4.90. The molecule has 0 spiro atoms. The van der Waals surface area contributed by atoms with Gasteiger partial charge in [0.05, 0.1) is 4.90 Å². The second kappa shape index (κ2) is 6.12. The number of carbonyl (C=O) groups is 1. The Labute approximate surface area is 118 Å². The maximum absolute atomic E-state index is 12.0. The number of sulfonamides is 1. The van der Waals surface area contributed by atoms with Crippen LogP contribution in [0.15, 0.2) is 11.0 Å². The predicted molar refractivity (Wildman–Crippen MR) is 74.7 cm³/mol. The molecule has 1 aromatic rings. The minimum atomic E-state index is -3.77. The number of aromatic carboxylic acids is 1. The number of carboxylic acids is 1. The van der Waals surface area contributed by atoms with E-state index < -0.39 is 26.8 Å². The van der Waals surface area contributed by atoms with Crippen LogP contribution in [0.2, 0.25) is 0 Å². The lowest BCUT2D eigenvalue weighted by Crippen LogP contribution is -2.32. The Morgan fingerprint density at radius 2 is 2.16 bits per heavy atom. The highest BCUT2D eigenvalue weighted by atomic mass is 32.2. The van der Waals surface area contributed by atoms with Crippen LogP contribution in [0, 0.1) is 6.92 Å². The number of hydrogen-bond donors (Lipinski definition) is 2. The summed E-state index contributed by atoms with van der Waals surface area (Å²) in [6, 6.07) is 1.14. The van der Waals surface area contributed by atoms with Gasteiger partial charge in [-0.15, -0.1) is 11.3 Å². The van der Waals surface area contributed by atoms with E-state index in [0.29, 0.717) is 4.88 Å². The molecule has 19 heavy (non-hydrogen) atoms. The van der Waals surface area contributed by atoms with Crippen molar-refractivity contribution in [3.8, 4) is 0 Å². The Balaban J connectivity index is 2.95. The van der Waals surface area contributed by atoms with Gasteiger partial charge in [0.1, 0.15) is 4.88 Å². The second-order valence-electron chi connectivity index (χ2n) is 4.00. The highest BCUT2D eigenvalue weighted by molar-refractivity contribution is 7.89. The maximum atomic E-state index is 12.0. The Hall–Kier alpha value is -0.770. The van der Waals surface area contributed by atoms with Crippen LogP contribution >= 0.6 is 11.3 Å². The van der Waals surface area contributed by atoms with Crippen molar-refractivity contribution in [1.82, 2.24) is 4.72 Å². The van der Waals surface area contributed by atoms with E-state index in [4.69, 9.17) is 5.11 Å². The highest BCUT2D eigenvalue weighted by Crippen LogP contribution is 2.25. The minimum absolute atomic E-state index is 0.0232. The third kappa shape index (κ3) is 4.10. The van der Waals surface area contributed by atoms with Gasteiger partial charge in [-0.3, -0.25) is 4.21 Å². The summed E-state index contributed by atoms with van der Waals surface area (Å²) in [5.74, 6) is -1.16. The Bertz CT molecular complexity index is 605. The van der Waals surface area contributed by atoms with Gasteiger partial charge in [0, 0.05) is 33.7 Å². The molecule has 2 unspecified atom stereocenters. The third-order valence-electron chi connectivity index (χ3n) is 2.50. The van der Waals surface area contributed by atoms with Crippen molar-refractivity contribution in [2.75, 3.05) is 12.8 Å². The molecule has 108 valence electrons. The van der Waals surface area contributed by atoms with E-state index in [-0.39, 0.29) is 21.6 Å². The number of thiophene rings is 1. The molecule has 6 nitrogen and oxygen atoms in total. The summed E-state index contributed by atoms with van der Waals surface area (Å²) in [6.45, 7) is 3.26. The molecular formula is C10H15NO5S3. The van der Waals surface area contributed by atoms with Crippen LogP contribution in [-0.2, 0) is 20.8 Å². The van der Waals surface area contributed by atoms with E-state index in [1.165, 1.54) is 6.26 Å². The van der Waals surface area contributed by atoms with Crippen molar-refractivity contribution >= 4 is 38.1 Å². The summed E-state index contributed by atoms with van der Waals surface area (Å²) in [4.78, 5) is 11.2. The molecule has 1 heterocycles. The largest absolute Gasteiger partial charge is 0.477 e. The SMILES string of the molecule is Cc1sc(C(=O)O)cc1S(=O)(=O)NCC(C)S(C)=O. The van der Waals surface area contributed by atoms with Crippen molar-refractivity contribution in [2.24, 2.45) is 0 Å². The topological polar surface area (TPSA) is 101 Å². The number of hydrogen-bond acceptors (Lipinski definition) is 5. The van der Waals surface area contributed by atoms with Crippen LogP contribution in [0.25, 0.3) is 0 Å². The molecule has 9 heteroatoms. The fraction of sp³-hybridized carbons (Fsp3) is 0.500. The molecule has 0 aliphatic heterocycles. The summed E-state index contributed by atoms with van der Waals surface area (Å²) >= 11 is 0.911. The summed E-state index contributed by atoms with van der Waals surface area (Å²) in [6.07, 6.45) is 1.50. The Kier molecular flexibility index (Phi) is 5.25. The van der Waals surface area contributed by atoms with Gasteiger partial charge in [0.25, 0.3) is 0 Å². The lowest BCUT2D eigenvalue weighted by Gasteiger charge is -2.10. The molecule has 0 saturated heterocycles. The van der Waals surface area contributed by atoms with E-state index in [2.05, 4.69) is 4.72 Å². The van der Waals surface area contributed by atoms with Crippen LogP contribution in [-0.4, -0.2) is 41.8 Å². The normalized spacial score (nSPS) is 15.1. The third-order valence-corrected chi connectivity index (χ3v) is 6.52. The summed E-state index contributed by atoms with van der Waals surface area (Å²) in [5, 5.41) is 8.52. The fourth-order valence-electron chi connectivity index (χ4n) is 1.26. The van der Waals surface area contributed by atoms with Gasteiger partial charge in [0.2, 0.25) is 10.0 Å². The molecule has 0 amide bonds. The first kappa shape index (κ1) is 16.3. The predicted octanol–water partition coefficient (Wildman–Crippen LogP) is 0.800. The van der Waals surface area contributed by atoms with Gasteiger partial charge in [-0.05, 0) is 19.9 Å². The molecule has 1 aromatic heterocycles. The van der Waals surface area contributed by atoms with Gasteiger partial charge < -0.3 is 5.11 Å². The summed E-state index contributed by atoms with van der Waals surface area (Å²) in [5.41, 5.74) is 0. The molecule has 0 aliphatic carbocycles. The molecule has 0 fully saturated rings. The molecule has 0 saturated carbocycles. The van der Waals surface area contributed by atoms with Crippen molar-refractivity contribution in [2.45, 2.75) is 24.0 Å². The average Bonchev–Trinajstić information content (AvgIpc) is 2.69. The molecule has 2 atom stereocenters. The molecule has 0 aliphatic rings. The quantitative estimate of drug-likeness (QED) is 0.806. The first-order chi connectivity index (χ1) is 8.65. The molecule has 0 aromatic carbocycles. The Morgan fingerprint density at radius 1 is 1.58 bits per heavy atom. The first-order valence-corrected chi connectivity index (χ1v) is 9.23. The smallest absolute Gasteiger partial charge is 0.345 e. The van der Waals surface area contributed by atoms with Crippen LogP contribution in [0.4, 0.5) is 0 Å². The zero-order valence-electron chi connectivity index (χ0n) is 10.7. The van der Waals surface area contributed by atoms with Gasteiger partial charge in [-0.25, -0.2) is 17.9 Å². The monoisotopic (exact) mass is 325 g/mol. The standard InChI is InChI=1S/C10H15NO5S3/c1-6(18(3)14)5-11-19(15,16)9-4-8(10(12)13)17-7(9)2/h4,6,11H,5H2,1-3H3,(H,12,13). The van der Waals surface area contributed by atoms with Crippen molar-refractivity contribution < 1.29 is 22.5 Å². The molecule has 2 N–H and O–H groups in total. The van der Waals surface area contributed by atoms with Gasteiger partial charge in [0.15, 0.2) is 0 Å². The number of nitrogens with one attached hydrogen (secondary N) is 1. The minimum Gasteiger partial charge on any atom is -0.477 e. The van der Waals surface area contributed by atoms with Gasteiger partial charge in [-0.1, -0.05) is 0 Å². The zero-order valence-corrected chi connectivity index (χ0v) is 13.1. The lowest BCUT2D eigenvalue weighted by atomic mass is 10.4. The average molecular weight is 325 g/mol. The van der Waals surface area contributed by atoms with Crippen LogP contribution < -0.4 is 4.72 Å². The van der Waals surface area contributed by atoms with Crippen molar-refractivity contribution in [3.05, 3.63) is 15.8 Å². The van der Waals surface area contributed by atoms with E-state index in [0.717, 1.165) is 17.4 Å². The highest BCUT2D eigenvalue weighted by Gasteiger charge is 2.22. The van der Waals surface area contributed by atoms with Crippen LogP contribution in [0.1, 0.15) is 21.5 Å². The molecular weight excluding hydrogens is 310 g/mol. The van der Waals surface area contributed by atoms with Crippen LogP contribution in [0.3, 0.4) is 0 Å². The Morgan fingerprint density at radius 3 is 2.58 bits per heavy atom. The van der Waals surface area contributed by atoms with E-state index in [1.807, 2.05) is 0 Å². The van der Waals surface area contributed by atoms with Gasteiger partial charge in [-0.2, -0.15) is 0 Å². The van der Waals surface area contributed by atoms with E-state index in [9.17, 15) is 17.4 Å². The fourth-order valence-corrected chi connectivity index (χ4v) is 4.24. The van der Waals surface area contributed by atoms with Crippen molar-refractivity contribution in [1.29, 1.82) is 0 Å².